The summed E-state index contributed by atoms with van der Waals surface area (Å²) >= 11 is 0. The number of hydrogen-bond acceptors (Lipinski definition) is 2. The molecule has 1 aliphatic rings. The molecule has 2 nitrogen and oxygen atoms in total. The van der Waals surface area contributed by atoms with Crippen LogP contribution in [0.1, 0.15) is 45.4 Å². The summed E-state index contributed by atoms with van der Waals surface area (Å²) in [6.07, 6.45) is 11.4. The van der Waals surface area contributed by atoms with E-state index in [1.807, 2.05) is 0 Å². The van der Waals surface area contributed by atoms with Gasteiger partial charge in [-0.1, -0.05) is 19.1 Å². The van der Waals surface area contributed by atoms with Crippen molar-refractivity contribution >= 4 is 0 Å². The molecule has 0 spiro atoms. The normalized spacial score (nSPS) is 23.1. The summed E-state index contributed by atoms with van der Waals surface area (Å²) in [5.41, 5.74) is 0. The Morgan fingerprint density at radius 3 is 3.00 bits per heavy atom. The molecule has 0 radical (unpaired) electrons. The molecule has 1 atom stereocenters. The van der Waals surface area contributed by atoms with Gasteiger partial charge in [0.1, 0.15) is 0 Å². The Labute approximate surface area is 87.3 Å². The summed E-state index contributed by atoms with van der Waals surface area (Å²) in [7, 11) is 0. The third-order valence-corrected chi connectivity index (χ3v) is 2.36. The van der Waals surface area contributed by atoms with Crippen LogP contribution in [0.15, 0.2) is 12.2 Å². The fourth-order valence-corrected chi connectivity index (χ4v) is 1.54. The van der Waals surface area contributed by atoms with Crippen molar-refractivity contribution in [1.82, 2.24) is 0 Å². The van der Waals surface area contributed by atoms with Crippen LogP contribution in [-0.4, -0.2) is 19.5 Å². The first kappa shape index (κ1) is 11.7. The second-order valence-electron chi connectivity index (χ2n) is 3.69. The van der Waals surface area contributed by atoms with Gasteiger partial charge in [0.05, 0.1) is 6.61 Å². The molecular formula is C12H22O2. The largest absolute Gasteiger partial charge is 0.353 e. The maximum atomic E-state index is 5.61. The van der Waals surface area contributed by atoms with Gasteiger partial charge < -0.3 is 9.47 Å². The zero-order chi connectivity index (χ0) is 10.1. The van der Waals surface area contributed by atoms with Crippen molar-refractivity contribution in [3.63, 3.8) is 0 Å². The second kappa shape index (κ2) is 8.01. The summed E-state index contributed by atoms with van der Waals surface area (Å²) in [4.78, 5) is 0. The monoisotopic (exact) mass is 198 g/mol. The van der Waals surface area contributed by atoms with Gasteiger partial charge in [0, 0.05) is 6.61 Å². The number of hydrogen-bond donors (Lipinski definition) is 0. The lowest BCUT2D eigenvalue weighted by molar-refractivity contribution is -0.162. The fourth-order valence-electron chi connectivity index (χ4n) is 1.54. The molecule has 0 N–H and O–H groups in total. The lowest BCUT2D eigenvalue weighted by atomic mass is 10.2. The van der Waals surface area contributed by atoms with Crippen molar-refractivity contribution in [2.24, 2.45) is 0 Å². The molecule has 82 valence electrons. The number of rotatable bonds is 6. The first-order chi connectivity index (χ1) is 6.93. The van der Waals surface area contributed by atoms with E-state index < -0.39 is 0 Å². The molecule has 2 heteroatoms. The highest BCUT2D eigenvalue weighted by Crippen LogP contribution is 2.13. The van der Waals surface area contributed by atoms with Crippen LogP contribution in [-0.2, 0) is 9.47 Å². The Morgan fingerprint density at radius 2 is 2.29 bits per heavy atom. The molecular weight excluding hydrogens is 176 g/mol. The molecule has 0 aromatic rings. The average Bonchev–Trinajstić information content (AvgIpc) is 2.25. The molecule has 0 amide bonds. The van der Waals surface area contributed by atoms with E-state index in [1.165, 1.54) is 12.8 Å². The van der Waals surface area contributed by atoms with Crippen LogP contribution >= 0.6 is 0 Å². The van der Waals surface area contributed by atoms with Gasteiger partial charge in [0.15, 0.2) is 6.29 Å². The van der Waals surface area contributed by atoms with Crippen molar-refractivity contribution in [2.45, 2.75) is 51.7 Å². The Balaban J connectivity index is 1.89. The predicted octanol–water partition coefficient (Wildman–Crippen LogP) is 3.28. The molecule has 0 saturated carbocycles. The lowest BCUT2D eigenvalue weighted by Gasteiger charge is -2.22. The van der Waals surface area contributed by atoms with E-state index in [0.717, 1.165) is 38.9 Å². The summed E-state index contributed by atoms with van der Waals surface area (Å²) in [5.74, 6) is 0. The van der Waals surface area contributed by atoms with E-state index in [0.29, 0.717) is 0 Å². The highest BCUT2D eigenvalue weighted by atomic mass is 16.7. The zero-order valence-electron chi connectivity index (χ0n) is 9.21. The summed E-state index contributed by atoms with van der Waals surface area (Å²) in [5, 5.41) is 0. The van der Waals surface area contributed by atoms with Crippen LogP contribution in [0.25, 0.3) is 0 Å². The van der Waals surface area contributed by atoms with Crippen molar-refractivity contribution in [2.75, 3.05) is 13.2 Å². The Bertz CT molecular complexity index is 148. The summed E-state index contributed by atoms with van der Waals surface area (Å²) in [6.45, 7) is 3.86. The Kier molecular flexibility index (Phi) is 6.71. The van der Waals surface area contributed by atoms with Gasteiger partial charge in [-0.05, 0) is 38.5 Å². The Hall–Kier alpha value is -0.340. The van der Waals surface area contributed by atoms with E-state index >= 15 is 0 Å². The predicted molar refractivity (Wildman–Crippen MR) is 58.2 cm³/mol. The lowest BCUT2D eigenvalue weighted by Crippen LogP contribution is -2.22. The number of unbranched alkanes of at least 4 members (excludes halogenated alkanes) is 1. The van der Waals surface area contributed by atoms with E-state index in [2.05, 4.69) is 19.1 Å². The highest BCUT2D eigenvalue weighted by molar-refractivity contribution is 4.79. The minimum atomic E-state index is 0.0823. The molecule has 1 fully saturated rings. The molecule has 14 heavy (non-hydrogen) atoms. The Morgan fingerprint density at radius 1 is 1.36 bits per heavy atom. The summed E-state index contributed by atoms with van der Waals surface area (Å²) in [6, 6.07) is 0. The van der Waals surface area contributed by atoms with Crippen LogP contribution in [0.5, 0.6) is 0 Å². The van der Waals surface area contributed by atoms with Gasteiger partial charge in [0.25, 0.3) is 0 Å². The quantitative estimate of drug-likeness (QED) is 0.481. The number of allylic oxidation sites excluding steroid dienone is 2. The van der Waals surface area contributed by atoms with E-state index in [1.54, 1.807) is 0 Å². The molecule has 1 unspecified atom stereocenters. The molecule has 1 saturated heterocycles. The smallest absolute Gasteiger partial charge is 0.157 e. The number of ether oxygens (including phenoxy) is 2. The van der Waals surface area contributed by atoms with Crippen molar-refractivity contribution in [3.8, 4) is 0 Å². The minimum Gasteiger partial charge on any atom is -0.353 e. The zero-order valence-corrected chi connectivity index (χ0v) is 9.21. The third kappa shape index (κ3) is 5.40. The molecule has 0 bridgehead atoms. The second-order valence-corrected chi connectivity index (χ2v) is 3.69. The topological polar surface area (TPSA) is 18.5 Å². The highest BCUT2D eigenvalue weighted by Gasteiger charge is 2.12. The molecule has 0 aromatic heterocycles. The standard InChI is InChI=1S/C12H22O2/c1-2-3-4-5-7-10-13-12-9-6-8-11-14-12/h3-4,12H,2,5-11H2,1H3/b4-3-. The van der Waals surface area contributed by atoms with Gasteiger partial charge in [-0.15, -0.1) is 0 Å². The first-order valence-electron chi connectivity index (χ1n) is 5.81. The SMILES string of the molecule is CC/C=C\CCCOC1CCCCO1. The van der Waals surface area contributed by atoms with Crippen LogP contribution in [0.2, 0.25) is 0 Å². The van der Waals surface area contributed by atoms with Crippen LogP contribution in [0.4, 0.5) is 0 Å². The maximum Gasteiger partial charge on any atom is 0.157 e. The maximum absolute atomic E-state index is 5.61. The van der Waals surface area contributed by atoms with Crippen molar-refractivity contribution in [1.29, 1.82) is 0 Å². The molecule has 0 aliphatic carbocycles. The van der Waals surface area contributed by atoms with E-state index in [-0.39, 0.29) is 6.29 Å². The molecule has 0 aromatic carbocycles. The van der Waals surface area contributed by atoms with Gasteiger partial charge in [-0.2, -0.15) is 0 Å². The molecule has 1 heterocycles. The molecule has 1 rings (SSSR count). The van der Waals surface area contributed by atoms with Gasteiger partial charge >= 0.3 is 0 Å². The third-order valence-electron chi connectivity index (χ3n) is 2.36. The van der Waals surface area contributed by atoms with Crippen LogP contribution in [0.3, 0.4) is 0 Å². The van der Waals surface area contributed by atoms with Gasteiger partial charge in [0.2, 0.25) is 0 Å². The summed E-state index contributed by atoms with van der Waals surface area (Å²) < 4.78 is 11.1. The van der Waals surface area contributed by atoms with Crippen molar-refractivity contribution in [3.05, 3.63) is 12.2 Å². The first-order valence-corrected chi connectivity index (χ1v) is 5.81. The van der Waals surface area contributed by atoms with Gasteiger partial charge in [-0.25, -0.2) is 0 Å². The fraction of sp³-hybridized carbons (Fsp3) is 0.833. The minimum absolute atomic E-state index is 0.0823. The van der Waals surface area contributed by atoms with E-state index in [4.69, 9.17) is 9.47 Å². The van der Waals surface area contributed by atoms with Crippen molar-refractivity contribution < 1.29 is 9.47 Å². The van der Waals surface area contributed by atoms with Gasteiger partial charge in [-0.3, -0.25) is 0 Å². The van der Waals surface area contributed by atoms with E-state index in [9.17, 15) is 0 Å². The average molecular weight is 198 g/mol. The molecule has 1 aliphatic heterocycles. The van der Waals surface area contributed by atoms with Crippen LogP contribution in [0, 0.1) is 0 Å². The van der Waals surface area contributed by atoms with Crippen LogP contribution < -0.4 is 0 Å².